The van der Waals surface area contributed by atoms with Crippen molar-refractivity contribution in [2.24, 2.45) is 0 Å². The van der Waals surface area contributed by atoms with Gasteiger partial charge in [0.1, 0.15) is 5.60 Å². The van der Waals surface area contributed by atoms with Gasteiger partial charge in [0.15, 0.2) is 0 Å². The Balaban J connectivity index is 1.92. The van der Waals surface area contributed by atoms with Crippen LogP contribution in [0.5, 0.6) is 0 Å². The number of carbonyl (C=O) groups excluding carboxylic acids is 1. The van der Waals surface area contributed by atoms with Gasteiger partial charge in [0.05, 0.1) is 0 Å². The summed E-state index contributed by atoms with van der Waals surface area (Å²) >= 11 is 0. The summed E-state index contributed by atoms with van der Waals surface area (Å²) in [5.74, 6) is 0. The summed E-state index contributed by atoms with van der Waals surface area (Å²) in [5.41, 5.74) is -0.0691. The molecule has 0 bridgehead atoms. The monoisotopic (exact) mass is 282 g/mol. The van der Waals surface area contributed by atoms with Crippen molar-refractivity contribution in [2.45, 2.75) is 70.9 Å². The number of hydrogen-bond donors (Lipinski definition) is 0. The van der Waals surface area contributed by atoms with E-state index in [0.717, 1.165) is 25.9 Å². The van der Waals surface area contributed by atoms with Crippen molar-refractivity contribution in [2.75, 3.05) is 26.2 Å². The molecular formula is C16H30N2O2. The van der Waals surface area contributed by atoms with E-state index in [-0.39, 0.29) is 6.09 Å². The smallest absolute Gasteiger partial charge is 0.410 e. The van der Waals surface area contributed by atoms with E-state index >= 15 is 0 Å². The molecule has 2 rings (SSSR count). The zero-order valence-corrected chi connectivity index (χ0v) is 13.6. The minimum Gasteiger partial charge on any atom is -0.444 e. The lowest BCUT2D eigenvalue weighted by Gasteiger charge is -2.47. The first-order chi connectivity index (χ1) is 9.36. The predicted octanol–water partition coefficient (Wildman–Crippen LogP) is 3.26. The molecule has 0 aromatic carbocycles. The first-order valence-electron chi connectivity index (χ1n) is 8.09. The highest BCUT2D eigenvalue weighted by Gasteiger charge is 2.40. The van der Waals surface area contributed by atoms with Crippen LogP contribution in [0.25, 0.3) is 0 Å². The van der Waals surface area contributed by atoms with E-state index in [1.54, 1.807) is 0 Å². The second-order valence-corrected chi connectivity index (χ2v) is 7.24. The van der Waals surface area contributed by atoms with Crippen LogP contribution >= 0.6 is 0 Å². The summed E-state index contributed by atoms with van der Waals surface area (Å²) in [5, 5.41) is 0. The van der Waals surface area contributed by atoms with Crippen molar-refractivity contribution in [1.29, 1.82) is 0 Å². The minimum atomic E-state index is -0.397. The van der Waals surface area contributed by atoms with E-state index in [4.69, 9.17) is 4.74 Å². The van der Waals surface area contributed by atoms with Crippen LogP contribution in [0.3, 0.4) is 0 Å². The molecule has 0 aliphatic carbocycles. The number of piperidine rings is 1. The Morgan fingerprint density at radius 3 is 2.10 bits per heavy atom. The van der Waals surface area contributed by atoms with Crippen LogP contribution < -0.4 is 0 Å². The second-order valence-electron chi connectivity index (χ2n) is 7.24. The quantitative estimate of drug-likeness (QED) is 0.779. The van der Waals surface area contributed by atoms with E-state index in [1.807, 2.05) is 25.7 Å². The van der Waals surface area contributed by atoms with Crippen molar-refractivity contribution >= 4 is 6.09 Å². The lowest BCUT2D eigenvalue weighted by molar-refractivity contribution is -0.00280. The highest BCUT2D eigenvalue weighted by molar-refractivity contribution is 5.68. The number of likely N-dealkylation sites (tertiary alicyclic amines) is 2. The van der Waals surface area contributed by atoms with Crippen LogP contribution in [-0.4, -0.2) is 53.2 Å². The summed E-state index contributed by atoms with van der Waals surface area (Å²) in [6.45, 7) is 12.2. The Hall–Kier alpha value is -0.770. The Morgan fingerprint density at radius 1 is 1.10 bits per heavy atom. The van der Waals surface area contributed by atoms with E-state index in [1.165, 1.54) is 32.4 Å². The molecule has 20 heavy (non-hydrogen) atoms. The molecule has 2 saturated heterocycles. The standard InChI is InChI=1S/C16H30N2O2/c1-5-16(18-10-6-7-11-18)8-12-17(13-9-16)14(19)20-15(2,3)4/h5-13H2,1-4H3. The maximum Gasteiger partial charge on any atom is 0.410 e. The Bertz CT molecular complexity index is 335. The van der Waals surface area contributed by atoms with Crippen LogP contribution in [0.1, 0.15) is 59.8 Å². The van der Waals surface area contributed by atoms with Gasteiger partial charge in [0.2, 0.25) is 0 Å². The third kappa shape index (κ3) is 3.46. The third-order valence-electron chi connectivity index (χ3n) is 4.78. The Kier molecular flexibility index (Phi) is 4.62. The first-order valence-corrected chi connectivity index (χ1v) is 8.09. The molecule has 0 radical (unpaired) electrons. The molecule has 2 aliphatic heterocycles. The first kappa shape index (κ1) is 15.6. The van der Waals surface area contributed by atoms with Gasteiger partial charge in [-0.1, -0.05) is 6.92 Å². The number of amides is 1. The Labute approximate surface area is 123 Å². The molecule has 2 aliphatic rings. The number of ether oxygens (including phenoxy) is 1. The Morgan fingerprint density at radius 2 is 1.65 bits per heavy atom. The SMILES string of the molecule is CCC1(N2CCCC2)CCN(C(=O)OC(C)(C)C)CC1. The molecule has 0 N–H and O–H groups in total. The molecule has 0 aromatic rings. The van der Waals surface area contributed by atoms with Crippen LogP contribution in [0.15, 0.2) is 0 Å². The molecule has 116 valence electrons. The fourth-order valence-electron chi connectivity index (χ4n) is 3.52. The fourth-order valence-corrected chi connectivity index (χ4v) is 3.52. The molecule has 0 aromatic heterocycles. The average molecular weight is 282 g/mol. The lowest BCUT2D eigenvalue weighted by atomic mass is 9.83. The molecule has 0 atom stereocenters. The molecule has 0 spiro atoms. The molecule has 4 heteroatoms. The van der Waals surface area contributed by atoms with Gasteiger partial charge in [-0.2, -0.15) is 0 Å². The summed E-state index contributed by atoms with van der Waals surface area (Å²) in [6.07, 6.45) is 5.87. The maximum absolute atomic E-state index is 12.1. The van der Waals surface area contributed by atoms with Crippen LogP contribution in [0.4, 0.5) is 4.79 Å². The van der Waals surface area contributed by atoms with Gasteiger partial charge < -0.3 is 9.64 Å². The van der Waals surface area contributed by atoms with E-state index in [9.17, 15) is 4.79 Å². The van der Waals surface area contributed by atoms with Gasteiger partial charge in [-0.25, -0.2) is 4.79 Å². The molecular weight excluding hydrogens is 252 g/mol. The fraction of sp³-hybridized carbons (Fsp3) is 0.938. The number of nitrogens with zero attached hydrogens (tertiary/aromatic N) is 2. The normalized spacial score (nSPS) is 23.9. The number of carbonyl (C=O) groups is 1. The van der Waals surface area contributed by atoms with E-state index in [0.29, 0.717) is 5.54 Å². The third-order valence-corrected chi connectivity index (χ3v) is 4.78. The maximum atomic E-state index is 12.1. The summed E-state index contributed by atoms with van der Waals surface area (Å²) in [6, 6.07) is 0. The lowest BCUT2D eigenvalue weighted by Crippen LogP contribution is -2.55. The van der Waals surface area contributed by atoms with Gasteiger partial charge in [-0.05, 0) is 66.0 Å². The molecule has 4 nitrogen and oxygen atoms in total. The predicted molar refractivity (Wildman–Crippen MR) is 80.9 cm³/mol. The van der Waals surface area contributed by atoms with Crippen molar-refractivity contribution in [1.82, 2.24) is 9.80 Å². The largest absolute Gasteiger partial charge is 0.444 e. The van der Waals surface area contributed by atoms with Crippen molar-refractivity contribution in [3.8, 4) is 0 Å². The topological polar surface area (TPSA) is 32.8 Å². The van der Waals surface area contributed by atoms with Gasteiger partial charge in [0, 0.05) is 18.6 Å². The van der Waals surface area contributed by atoms with Gasteiger partial charge in [-0.3, -0.25) is 4.90 Å². The zero-order chi connectivity index (χ0) is 14.8. The van der Waals surface area contributed by atoms with Crippen molar-refractivity contribution in [3.05, 3.63) is 0 Å². The van der Waals surface area contributed by atoms with Gasteiger partial charge in [-0.15, -0.1) is 0 Å². The van der Waals surface area contributed by atoms with E-state index < -0.39 is 5.60 Å². The highest BCUT2D eigenvalue weighted by Crippen LogP contribution is 2.35. The summed E-state index contributed by atoms with van der Waals surface area (Å²) in [4.78, 5) is 16.7. The van der Waals surface area contributed by atoms with Crippen molar-refractivity contribution in [3.63, 3.8) is 0 Å². The number of rotatable bonds is 2. The summed E-state index contributed by atoms with van der Waals surface area (Å²) < 4.78 is 5.48. The molecule has 0 saturated carbocycles. The summed E-state index contributed by atoms with van der Waals surface area (Å²) in [7, 11) is 0. The van der Waals surface area contributed by atoms with Gasteiger partial charge in [0.25, 0.3) is 0 Å². The molecule has 0 unspecified atom stereocenters. The minimum absolute atomic E-state index is 0.149. The van der Waals surface area contributed by atoms with Gasteiger partial charge >= 0.3 is 6.09 Å². The van der Waals surface area contributed by atoms with E-state index in [2.05, 4.69) is 11.8 Å². The van der Waals surface area contributed by atoms with Crippen LogP contribution in [0, 0.1) is 0 Å². The van der Waals surface area contributed by atoms with Crippen LogP contribution in [0.2, 0.25) is 0 Å². The number of hydrogen-bond acceptors (Lipinski definition) is 3. The molecule has 2 fully saturated rings. The average Bonchev–Trinajstić information content (AvgIpc) is 2.91. The molecule has 2 heterocycles. The zero-order valence-electron chi connectivity index (χ0n) is 13.6. The van der Waals surface area contributed by atoms with Crippen molar-refractivity contribution < 1.29 is 9.53 Å². The second kappa shape index (κ2) is 5.92. The highest BCUT2D eigenvalue weighted by atomic mass is 16.6. The van der Waals surface area contributed by atoms with Crippen LogP contribution in [-0.2, 0) is 4.74 Å². The molecule has 1 amide bonds.